The van der Waals surface area contributed by atoms with E-state index in [-0.39, 0.29) is 35.9 Å². The number of hydrogen-bond donors (Lipinski definition) is 0. The van der Waals surface area contributed by atoms with Gasteiger partial charge in [0.1, 0.15) is 0 Å². The van der Waals surface area contributed by atoms with E-state index in [4.69, 9.17) is 4.74 Å². The number of carbonyl (C=O) groups excluding carboxylic acids is 3. The maximum atomic E-state index is 13.8. The van der Waals surface area contributed by atoms with Crippen molar-refractivity contribution in [2.45, 2.75) is 62.4 Å². The van der Waals surface area contributed by atoms with Gasteiger partial charge in [0.2, 0.25) is 0 Å². The molecule has 39 heavy (non-hydrogen) atoms. The second-order valence-electron chi connectivity index (χ2n) is 11.8. The largest absolute Gasteiger partial charge is 0.465 e. The fourth-order valence-electron chi connectivity index (χ4n) is 6.80. The van der Waals surface area contributed by atoms with Crippen LogP contribution >= 0.6 is 0 Å². The second kappa shape index (κ2) is 11.1. The lowest BCUT2D eigenvalue weighted by atomic mass is 9.68. The lowest BCUT2D eigenvalue weighted by Crippen LogP contribution is -2.56. The predicted octanol–water partition coefficient (Wildman–Crippen LogP) is 4.29. The van der Waals surface area contributed by atoms with E-state index in [2.05, 4.69) is 59.2 Å². The first-order valence-electron chi connectivity index (χ1n) is 14.1. The van der Waals surface area contributed by atoms with Crippen molar-refractivity contribution in [3.63, 3.8) is 0 Å². The summed E-state index contributed by atoms with van der Waals surface area (Å²) in [6.07, 6.45) is 8.91. The van der Waals surface area contributed by atoms with E-state index in [9.17, 15) is 14.4 Å². The van der Waals surface area contributed by atoms with E-state index in [1.54, 1.807) is 17.0 Å². The molecule has 2 saturated carbocycles. The number of ether oxygens (including phenoxy) is 1. The Morgan fingerprint density at radius 2 is 1.79 bits per heavy atom. The summed E-state index contributed by atoms with van der Waals surface area (Å²) in [5, 5.41) is 0. The van der Waals surface area contributed by atoms with Gasteiger partial charge in [-0.15, -0.1) is 0 Å². The molecule has 2 heterocycles. The molecular formula is C31H40N4O4. The molecule has 8 nitrogen and oxygen atoms in total. The maximum Gasteiger partial charge on any atom is 0.337 e. The maximum absolute atomic E-state index is 13.8. The van der Waals surface area contributed by atoms with Gasteiger partial charge < -0.3 is 14.5 Å². The van der Waals surface area contributed by atoms with Crippen molar-refractivity contribution in [2.24, 2.45) is 5.92 Å². The fraction of sp³-hybridized carbons (Fsp3) is 0.548. The summed E-state index contributed by atoms with van der Waals surface area (Å²) in [5.74, 6) is 0.0126. The van der Waals surface area contributed by atoms with Gasteiger partial charge in [0, 0.05) is 30.5 Å². The minimum atomic E-state index is -0.462. The van der Waals surface area contributed by atoms with Gasteiger partial charge >= 0.3 is 12.0 Å². The molecule has 208 valence electrons. The van der Waals surface area contributed by atoms with Gasteiger partial charge in [0.15, 0.2) is 5.78 Å². The first-order chi connectivity index (χ1) is 18.8. The third-order valence-corrected chi connectivity index (χ3v) is 9.38. The SMILES string of the molecule is COC(=O)c1ccnc(CC(=O)CN2CC3(CCC(c4ccccc4)(N(C)C)CC3)N(CC3CCC3)C2=O)c1. The highest BCUT2D eigenvalue weighted by Crippen LogP contribution is 2.49. The third kappa shape index (κ3) is 5.31. The Morgan fingerprint density at radius 1 is 1.08 bits per heavy atom. The quantitative estimate of drug-likeness (QED) is 0.448. The number of urea groups is 1. The number of hydrogen-bond acceptors (Lipinski definition) is 6. The number of methoxy groups -OCH3 is 1. The van der Waals surface area contributed by atoms with Crippen LogP contribution in [0.1, 0.15) is 66.6 Å². The van der Waals surface area contributed by atoms with Gasteiger partial charge in [0.05, 0.1) is 31.2 Å². The monoisotopic (exact) mass is 532 g/mol. The average molecular weight is 533 g/mol. The Bertz CT molecular complexity index is 1200. The number of amides is 2. The normalized spacial score (nSPS) is 25.3. The van der Waals surface area contributed by atoms with E-state index in [0.29, 0.717) is 23.7 Å². The average Bonchev–Trinajstić information content (AvgIpc) is 3.16. The van der Waals surface area contributed by atoms with Crippen LogP contribution in [0.5, 0.6) is 0 Å². The molecule has 1 aromatic heterocycles. The molecule has 2 aromatic rings. The Labute approximate surface area is 231 Å². The number of Topliss-reactive ketones (excluding diaryl/α,β-unsaturated/α-hetero) is 1. The molecule has 3 fully saturated rings. The standard InChI is InChI=1S/C31H40N4O4/c1-33(2)31(25-10-5-4-6-11-25)15-13-30(14-16-31)22-34(29(38)35(30)20-23-8-7-9-23)21-27(36)19-26-18-24(12-17-32-26)28(37)39-3/h4-6,10-12,17-18,23H,7-9,13-16,19-22H2,1-3H3. The van der Waals surface area contributed by atoms with Crippen LogP contribution in [0.2, 0.25) is 0 Å². The summed E-state index contributed by atoms with van der Waals surface area (Å²) in [5.41, 5.74) is 1.89. The lowest BCUT2D eigenvalue weighted by molar-refractivity contribution is -0.119. The summed E-state index contributed by atoms with van der Waals surface area (Å²) in [7, 11) is 5.64. The van der Waals surface area contributed by atoms with Crippen molar-refractivity contribution in [2.75, 3.05) is 40.8 Å². The molecule has 1 saturated heterocycles. The van der Waals surface area contributed by atoms with Crippen molar-refractivity contribution in [3.8, 4) is 0 Å². The number of carbonyl (C=O) groups is 3. The highest BCUT2D eigenvalue weighted by Gasteiger charge is 2.55. The Hall–Kier alpha value is -3.26. The van der Waals surface area contributed by atoms with Gasteiger partial charge in [-0.25, -0.2) is 9.59 Å². The number of benzene rings is 1. The Morgan fingerprint density at radius 3 is 2.41 bits per heavy atom. The van der Waals surface area contributed by atoms with Crippen LogP contribution in [0.4, 0.5) is 4.79 Å². The molecule has 0 N–H and O–H groups in total. The zero-order valence-corrected chi connectivity index (χ0v) is 23.4. The predicted molar refractivity (Wildman–Crippen MR) is 148 cm³/mol. The highest BCUT2D eigenvalue weighted by atomic mass is 16.5. The van der Waals surface area contributed by atoms with Gasteiger partial charge in [0.25, 0.3) is 0 Å². The molecule has 2 amide bonds. The first kappa shape index (κ1) is 27.3. The highest BCUT2D eigenvalue weighted by molar-refractivity contribution is 5.90. The third-order valence-electron chi connectivity index (χ3n) is 9.38. The molecular weight excluding hydrogens is 492 g/mol. The van der Waals surface area contributed by atoms with Crippen molar-refractivity contribution < 1.29 is 19.1 Å². The smallest absolute Gasteiger partial charge is 0.337 e. The minimum absolute atomic E-state index is 0.0106. The van der Waals surface area contributed by atoms with E-state index >= 15 is 0 Å². The first-order valence-corrected chi connectivity index (χ1v) is 14.1. The summed E-state index contributed by atoms with van der Waals surface area (Å²) in [4.78, 5) is 49.3. The molecule has 1 aliphatic heterocycles. The second-order valence-corrected chi connectivity index (χ2v) is 11.8. The number of aromatic nitrogens is 1. The molecule has 2 aliphatic carbocycles. The van der Waals surface area contributed by atoms with Crippen molar-refractivity contribution in [1.29, 1.82) is 0 Å². The molecule has 5 rings (SSSR count). The van der Waals surface area contributed by atoms with Crippen LogP contribution in [-0.2, 0) is 21.5 Å². The van der Waals surface area contributed by atoms with Gasteiger partial charge in [-0.3, -0.25) is 14.7 Å². The van der Waals surface area contributed by atoms with Crippen LogP contribution in [0.15, 0.2) is 48.7 Å². The number of nitrogens with zero attached hydrogens (tertiary/aromatic N) is 4. The van der Waals surface area contributed by atoms with Crippen LogP contribution in [0.25, 0.3) is 0 Å². The van der Waals surface area contributed by atoms with E-state index < -0.39 is 5.97 Å². The van der Waals surface area contributed by atoms with Crippen LogP contribution in [0.3, 0.4) is 0 Å². The van der Waals surface area contributed by atoms with Crippen LogP contribution in [0, 0.1) is 5.92 Å². The fourth-order valence-corrected chi connectivity index (χ4v) is 6.80. The minimum Gasteiger partial charge on any atom is -0.465 e. The Balaban J connectivity index is 1.32. The van der Waals surface area contributed by atoms with Crippen molar-refractivity contribution in [1.82, 2.24) is 19.7 Å². The summed E-state index contributed by atoms with van der Waals surface area (Å²) < 4.78 is 4.78. The zero-order valence-electron chi connectivity index (χ0n) is 23.4. The molecule has 0 unspecified atom stereocenters. The number of ketones is 1. The summed E-state index contributed by atoms with van der Waals surface area (Å²) in [6.45, 7) is 1.42. The Kier molecular flexibility index (Phi) is 7.76. The zero-order chi connectivity index (χ0) is 27.6. The van der Waals surface area contributed by atoms with E-state index in [1.807, 2.05) is 0 Å². The van der Waals surface area contributed by atoms with Gasteiger partial charge in [-0.05, 0) is 76.2 Å². The molecule has 1 aromatic carbocycles. The van der Waals surface area contributed by atoms with Gasteiger partial charge in [-0.1, -0.05) is 36.8 Å². The van der Waals surface area contributed by atoms with Crippen molar-refractivity contribution in [3.05, 3.63) is 65.5 Å². The molecule has 0 atom stereocenters. The molecule has 0 radical (unpaired) electrons. The molecule has 8 heteroatoms. The molecule has 0 bridgehead atoms. The lowest BCUT2D eigenvalue weighted by Gasteiger charge is -2.51. The molecule has 1 spiro atoms. The van der Waals surface area contributed by atoms with Crippen molar-refractivity contribution >= 4 is 17.8 Å². The number of esters is 1. The molecule has 3 aliphatic rings. The summed E-state index contributed by atoms with van der Waals surface area (Å²) in [6, 6.07) is 13.9. The van der Waals surface area contributed by atoms with Crippen LogP contribution in [-0.4, -0.2) is 83.8 Å². The summed E-state index contributed by atoms with van der Waals surface area (Å²) >= 11 is 0. The topological polar surface area (TPSA) is 83.1 Å². The number of rotatable bonds is 9. The number of pyridine rings is 1. The van der Waals surface area contributed by atoms with E-state index in [1.165, 1.54) is 38.1 Å². The van der Waals surface area contributed by atoms with Crippen LogP contribution < -0.4 is 0 Å². The van der Waals surface area contributed by atoms with Gasteiger partial charge in [-0.2, -0.15) is 0 Å². The van der Waals surface area contributed by atoms with E-state index in [0.717, 1.165) is 32.2 Å².